The number of aliphatic hydroxyl groups excluding tert-OH is 3. The van der Waals surface area contributed by atoms with Crippen molar-refractivity contribution in [3.05, 3.63) is 77.5 Å². The van der Waals surface area contributed by atoms with Gasteiger partial charge in [0.2, 0.25) is 17.7 Å². The maximum absolute atomic E-state index is 13.5. The summed E-state index contributed by atoms with van der Waals surface area (Å²) in [5.41, 5.74) is 2.81. The van der Waals surface area contributed by atoms with E-state index >= 15 is 0 Å². The molecule has 51 heavy (non-hydrogen) atoms. The lowest BCUT2D eigenvalue weighted by Crippen LogP contribution is -2.54. The molecule has 7 N–H and O–H groups in total. The van der Waals surface area contributed by atoms with E-state index in [-0.39, 0.29) is 36.8 Å². The molecule has 0 aliphatic heterocycles. The Balaban J connectivity index is 1.39. The third-order valence-corrected chi connectivity index (χ3v) is 9.75. The molecule has 4 rings (SSSR count). The summed E-state index contributed by atoms with van der Waals surface area (Å²) in [6.45, 7) is 8.97. The van der Waals surface area contributed by atoms with Gasteiger partial charge in [-0.15, -0.1) is 0 Å². The second kappa shape index (κ2) is 18.2. The number of benzene rings is 2. The van der Waals surface area contributed by atoms with E-state index in [1.807, 2.05) is 76.2 Å². The van der Waals surface area contributed by atoms with Gasteiger partial charge in [-0.25, -0.2) is 0 Å². The normalized spacial score (nSPS) is 18.9. The van der Waals surface area contributed by atoms with Gasteiger partial charge in [0.1, 0.15) is 12.1 Å². The molecule has 1 aliphatic carbocycles. The number of aromatic nitrogens is 1. The van der Waals surface area contributed by atoms with Gasteiger partial charge < -0.3 is 36.6 Å². The average molecular weight is 704 g/mol. The van der Waals surface area contributed by atoms with Crippen molar-refractivity contribution in [3.8, 4) is 0 Å². The monoisotopic (exact) mass is 703 g/mol. The molecule has 1 aliphatic rings. The zero-order chi connectivity index (χ0) is 37.2. The van der Waals surface area contributed by atoms with Crippen LogP contribution in [0.5, 0.6) is 0 Å². The number of pyridine rings is 1. The van der Waals surface area contributed by atoms with Gasteiger partial charge in [-0.1, -0.05) is 83.5 Å². The van der Waals surface area contributed by atoms with Crippen LogP contribution in [0.4, 0.5) is 0 Å². The third-order valence-electron chi connectivity index (χ3n) is 9.75. The first-order chi connectivity index (χ1) is 24.3. The molecule has 276 valence electrons. The standard InChI is InChI=1S/C39H53N5O7/c1-6-23(4)34(39(51)44-35-28-13-9-7-11-25(28)20-33(35)47)43-36(48)24(5)18-32(46)31(17-22(2)3)42-38(50)30(15-16-45)41-37(49)27-19-26-12-8-10-14-29(26)40-21-27/h7-14,19,21-24,30-35,45-47H,6,15-18,20H2,1-5H3,(H,41,49)(H,42,50)(H,43,48)(H,44,51)/t23?,24-,30+,31+,32+,33-,34+,35?/m1/s1. The molecule has 2 unspecified atom stereocenters. The molecule has 8 atom stereocenters. The Kier molecular flexibility index (Phi) is 14.1. The number of carbonyl (C=O) groups excluding carboxylic acids is 4. The molecular formula is C39H53N5O7. The highest BCUT2D eigenvalue weighted by atomic mass is 16.3. The van der Waals surface area contributed by atoms with E-state index in [4.69, 9.17) is 0 Å². The topological polar surface area (TPSA) is 190 Å². The molecule has 2 aromatic carbocycles. The number of rotatable bonds is 17. The van der Waals surface area contributed by atoms with Crippen molar-refractivity contribution in [2.24, 2.45) is 17.8 Å². The minimum Gasteiger partial charge on any atom is -0.396 e. The van der Waals surface area contributed by atoms with E-state index in [1.165, 1.54) is 6.20 Å². The largest absolute Gasteiger partial charge is 0.396 e. The van der Waals surface area contributed by atoms with Crippen LogP contribution in [0.3, 0.4) is 0 Å². The van der Waals surface area contributed by atoms with Crippen LogP contribution in [0.2, 0.25) is 0 Å². The fourth-order valence-electron chi connectivity index (χ4n) is 6.56. The molecule has 0 radical (unpaired) electrons. The molecule has 0 bridgehead atoms. The highest BCUT2D eigenvalue weighted by Gasteiger charge is 2.36. The van der Waals surface area contributed by atoms with Crippen LogP contribution in [0, 0.1) is 17.8 Å². The summed E-state index contributed by atoms with van der Waals surface area (Å²) in [6.07, 6.45) is 0.895. The van der Waals surface area contributed by atoms with Gasteiger partial charge in [-0.3, -0.25) is 24.2 Å². The lowest BCUT2D eigenvalue weighted by molar-refractivity contribution is -0.133. The molecule has 4 amide bonds. The predicted octanol–water partition coefficient (Wildman–Crippen LogP) is 2.94. The molecule has 12 heteroatoms. The Hall–Kier alpha value is -4.39. The first-order valence-electron chi connectivity index (χ1n) is 17.9. The van der Waals surface area contributed by atoms with Crippen LogP contribution < -0.4 is 21.3 Å². The fourth-order valence-corrected chi connectivity index (χ4v) is 6.56. The van der Waals surface area contributed by atoms with Crippen molar-refractivity contribution >= 4 is 34.5 Å². The van der Waals surface area contributed by atoms with Crippen molar-refractivity contribution < 1.29 is 34.5 Å². The number of fused-ring (bicyclic) bond motifs is 2. The van der Waals surface area contributed by atoms with Gasteiger partial charge >= 0.3 is 0 Å². The molecule has 1 aromatic heterocycles. The summed E-state index contributed by atoms with van der Waals surface area (Å²) in [6, 6.07) is 13.3. The van der Waals surface area contributed by atoms with E-state index in [1.54, 1.807) is 13.0 Å². The Bertz CT molecular complexity index is 1670. The Labute approximate surface area is 299 Å². The van der Waals surface area contributed by atoms with Crippen LogP contribution >= 0.6 is 0 Å². The summed E-state index contributed by atoms with van der Waals surface area (Å²) in [5.74, 6) is -2.79. The maximum Gasteiger partial charge on any atom is 0.253 e. The quantitative estimate of drug-likeness (QED) is 0.112. The highest BCUT2D eigenvalue weighted by molar-refractivity contribution is 5.99. The lowest BCUT2D eigenvalue weighted by Gasteiger charge is -2.30. The van der Waals surface area contributed by atoms with Crippen LogP contribution in [0.1, 0.15) is 87.8 Å². The predicted molar refractivity (Wildman–Crippen MR) is 194 cm³/mol. The fraction of sp³-hybridized carbons (Fsp3) is 0.513. The molecular weight excluding hydrogens is 650 g/mol. The number of nitrogens with zero attached hydrogens (tertiary/aromatic N) is 1. The number of para-hydroxylation sites is 1. The van der Waals surface area contributed by atoms with Crippen LogP contribution in [0.25, 0.3) is 10.9 Å². The van der Waals surface area contributed by atoms with Crippen molar-refractivity contribution in [2.75, 3.05) is 6.61 Å². The van der Waals surface area contributed by atoms with Gasteiger partial charge in [0.25, 0.3) is 5.91 Å². The number of hydrogen-bond donors (Lipinski definition) is 7. The first-order valence-corrected chi connectivity index (χ1v) is 17.9. The van der Waals surface area contributed by atoms with Gasteiger partial charge in [-0.05, 0) is 54.4 Å². The summed E-state index contributed by atoms with van der Waals surface area (Å²) < 4.78 is 0. The zero-order valence-corrected chi connectivity index (χ0v) is 30.1. The van der Waals surface area contributed by atoms with Crippen LogP contribution in [0.15, 0.2) is 60.8 Å². The molecule has 0 spiro atoms. The van der Waals surface area contributed by atoms with E-state index in [0.717, 1.165) is 22.0 Å². The van der Waals surface area contributed by atoms with E-state index < -0.39 is 65.9 Å². The molecule has 0 saturated carbocycles. The Morgan fingerprint density at radius 3 is 2.31 bits per heavy atom. The second-order valence-corrected chi connectivity index (χ2v) is 14.2. The van der Waals surface area contributed by atoms with Crippen LogP contribution in [-0.2, 0) is 20.8 Å². The second-order valence-electron chi connectivity index (χ2n) is 14.2. The van der Waals surface area contributed by atoms with Crippen molar-refractivity contribution in [1.82, 2.24) is 26.3 Å². The van der Waals surface area contributed by atoms with Crippen molar-refractivity contribution in [2.45, 2.75) is 103 Å². The van der Waals surface area contributed by atoms with Crippen LogP contribution in [-0.4, -0.2) is 80.9 Å². The summed E-state index contributed by atoms with van der Waals surface area (Å²) in [5, 5.41) is 43.9. The first kappa shape index (κ1) is 39.4. The average Bonchev–Trinajstić information content (AvgIpc) is 3.42. The minimum absolute atomic E-state index is 0.00710. The van der Waals surface area contributed by atoms with Gasteiger partial charge in [0.15, 0.2) is 0 Å². The minimum atomic E-state index is -1.13. The summed E-state index contributed by atoms with van der Waals surface area (Å²) in [4.78, 5) is 58.0. The van der Waals surface area contributed by atoms with Gasteiger partial charge in [0, 0.05) is 30.5 Å². The van der Waals surface area contributed by atoms with E-state index in [0.29, 0.717) is 19.3 Å². The van der Waals surface area contributed by atoms with Crippen molar-refractivity contribution in [3.63, 3.8) is 0 Å². The SMILES string of the molecule is CCC(C)[C@H](NC(=O)[C@H](C)C[C@H](O)[C@H](CC(C)C)NC(=O)[C@H](CCO)NC(=O)c1cnc2ccccc2c1)C(=O)NC1c2ccccc2C[C@H]1O. The number of hydrogen-bond acceptors (Lipinski definition) is 8. The number of carbonyl (C=O) groups is 4. The molecule has 12 nitrogen and oxygen atoms in total. The lowest BCUT2D eigenvalue weighted by atomic mass is 9.91. The Morgan fingerprint density at radius 1 is 0.902 bits per heavy atom. The van der Waals surface area contributed by atoms with Gasteiger partial charge in [0.05, 0.1) is 35.4 Å². The molecule has 0 fully saturated rings. The molecule has 3 aromatic rings. The van der Waals surface area contributed by atoms with E-state index in [2.05, 4.69) is 26.3 Å². The molecule has 0 saturated heterocycles. The summed E-state index contributed by atoms with van der Waals surface area (Å²) in [7, 11) is 0. The maximum atomic E-state index is 13.5. The number of amides is 4. The zero-order valence-electron chi connectivity index (χ0n) is 30.1. The molecule has 1 heterocycles. The highest BCUT2D eigenvalue weighted by Crippen LogP contribution is 2.31. The smallest absolute Gasteiger partial charge is 0.253 e. The Morgan fingerprint density at radius 2 is 1.61 bits per heavy atom. The van der Waals surface area contributed by atoms with E-state index in [9.17, 15) is 34.5 Å². The summed E-state index contributed by atoms with van der Waals surface area (Å²) >= 11 is 0. The van der Waals surface area contributed by atoms with Crippen molar-refractivity contribution in [1.29, 1.82) is 0 Å². The third kappa shape index (κ3) is 10.3. The number of aliphatic hydroxyl groups is 3. The number of nitrogens with one attached hydrogen (secondary N) is 4. The van der Waals surface area contributed by atoms with Gasteiger partial charge in [-0.2, -0.15) is 0 Å².